The highest BCUT2D eigenvalue weighted by Crippen LogP contribution is 2.16. The van der Waals surface area contributed by atoms with E-state index in [2.05, 4.69) is 29.3 Å². The first-order valence-corrected chi connectivity index (χ1v) is 7.21. The number of hydrogen-bond acceptors (Lipinski definition) is 2. The second-order valence-corrected chi connectivity index (χ2v) is 5.46. The molecule has 0 N–H and O–H groups in total. The maximum Gasteiger partial charge on any atom is 0.318 e. The molecule has 96 valence electrons. The summed E-state index contributed by atoms with van der Waals surface area (Å²) < 4.78 is 4.33. The van der Waals surface area contributed by atoms with Crippen molar-refractivity contribution >= 4 is 17.5 Å². The van der Waals surface area contributed by atoms with Gasteiger partial charge in [-0.1, -0.05) is 19.8 Å². The lowest BCUT2D eigenvalue weighted by molar-refractivity contribution is -0.709. The maximum atomic E-state index is 11.0. The van der Waals surface area contributed by atoms with Crippen LogP contribution >= 0.6 is 11.8 Å². The van der Waals surface area contributed by atoms with Crippen LogP contribution < -0.4 is 4.57 Å². The van der Waals surface area contributed by atoms with Crippen molar-refractivity contribution in [1.82, 2.24) is 4.57 Å². The molecule has 4 heteroatoms. The summed E-state index contributed by atoms with van der Waals surface area (Å²) in [4.78, 5) is 11.0. The molecule has 17 heavy (non-hydrogen) atoms. The van der Waals surface area contributed by atoms with E-state index >= 15 is 0 Å². The van der Waals surface area contributed by atoms with E-state index in [1.807, 2.05) is 7.05 Å². The van der Waals surface area contributed by atoms with Gasteiger partial charge >= 0.3 is 5.16 Å². The van der Waals surface area contributed by atoms with Crippen LogP contribution in [0.2, 0.25) is 0 Å². The Hall–Kier alpha value is -0.770. The zero-order valence-electron chi connectivity index (χ0n) is 11.3. The number of carbonyl (C=O) groups is 1. The molecule has 1 aromatic heterocycles. The summed E-state index contributed by atoms with van der Waals surface area (Å²) in [6.07, 6.45) is 7.08. The molecular formula is C13H23N2OS+. The van der Waals surface area contributed by atoms with Gasteiger partial charge in [-0.05, 0) is 25.1 Å². The fraction of sp³-hybridized carbons (Fsp3) is 0.692. The van der Waals surface area contributed by atoms with Gasteiger partial charge in [0.1, 0.15) is 17.7 Å². The zero-order valence-corrected chi connectivity index (χ0v) is 12.1. The van der Waals surface area contributed by atoms with E-state index in [0.29, 0.717) is 5.75 Å². The monoisotopic (exact) mass is 255 g/mol. The van der Waals surface area contributed by atoms with Gasteiger partial charge in [-0.25, -0.2) is 9.13 Å². The van der Waals surface area contributed by atoms with Gasteiger partial charge in [-0.3, -0.25) is 4.79 Å². The van der Waals surface area contributed by atoms with Gasteiger partial charge in [0.25, 0.3) is 0 Å². The Labute approximate surface area is 108 Å². The number of thioether (sulfide) groups is 1. The Kier molecular flexibility index (Phi) is 5.75. The van der Waals surface area contributed by atoms with Gasteiger partial charge in [-0.15, -0.1) is 0 Å². The van der Waals surface area contributed by atoms with Crippen LogP contribution in [0.15, 0.2) is 11.4 Å². The lowest BCUT2D eigenvalue weighted by atomic mass is 10.2. The first-order chi connectivity index (χ1) is 8.06. The first kappa shape index (κ1) is 14.3. The number of unbranched alkanes of at least 4 members (excludes halogenated alkanes) is 2. The Morgan fingerprint density at radius 1 is 1.47 bits per heavy atom. The quantitative estimate of drug-likeness (QED) is 0.424. The topological polar surface area (TPSA) is 25.9 Å². The summed E-state index contributed by atoms with van der Waals surface area (Å²) in [5, 5.41) is 1.16. The van der Waals surface area contributed by atoms with E-state index in [1.165, 1.54) is 25.0 Å². The summed E-state index contributed by atoms with van der Waals surface area (Å²) >= 11 is 1.62. The minimum Gasteiger partial charge on any atom is -0.299 e. The van der Waals surface area contributed by atoms with Crippen LogP contribution in [0.3, 0.4) is 0 Å². The molecule has 0 aromatic carbocycles. The molecule has 3 nitrogen and oxygen atoms in total. The molecule has 0 amide bonds. The van der Waals surface area contributed by atoms with Crippen LogP contribution in [0.1, 0.15) is 38.8 Å². The molecular weight excluding hydrogens is 232 g/mol. The number of aryl methyl sites for hydroxylation is 2. The summed E-state index contributed by atoms with van der Waals surface area (Å²) in [7, 11) is 4.13. The average Bonchev–Trinajstić information content (AvgIpc) is 2.52. The number of nitrogens with zero attached hydrogens (tertiary/aromatic N) is 2. The van der Waals surface area contributed by atoms with E-state index in [4.69, 9.17) is 0 Å². The van der Waals surface area contributed by atoms with Crippen molar-refractivity contribution in [3.05, 3.63) is 11.9 Å². The number of Topliss-reactive ketones (excluding diaryl/α,β-unsaturated/α-hetero) is 1. The maximum absolute atomic E-state index is 11.0. The largest absolute Gasteiger partial charge is 0.318 e. The molecule has 0 unspecified atom stereocenters. The predicted molar refractivity (Wildman–Crippen MR) is 71.2 cm³/mol. The van der Waals surface area contributed by atoms with Gasteiger partial charge in [-0.2, -0.15) is 0 Å². The number of imidazole rings is 1. The third kappa shape index (κ3) is 4.19. The number of ketones is 1. The molecule has 0 fully saturated rings. The predicted octanol–water partition coefficient (Wildman–Crippen LogP) is 2.26. The number of carbonyl (C=O) groups excluding carboxylic acids is 1. The fourth-order valence-electron chi connectivity index (χ4n) is 1.88. The van der Waals surface area contributed by atoms with E-state index in [0.717, 1.165) is 11.6 Å². The minimum atomic E-state index is 0.226. The molecule has 0 aliphatic heterocycles. The van der Waals surface area contributed by atoms with Gasteiger partial charge in [0.2, 0.25) is 0 Å². The second kappa shape index (κ2) is 6.84. The van der Waals surface area contributed by atoms with Gasteiger partial charge in [0.05, 0.1) is 19.8 Å². The summed E-state index contributed by atoms with van der Waals surface area (Å²) in [5.74, 6) is 0.781. The molecule has 0 aliphatic rings. The fourth-order valence-corrected chi connectivity index (χ4v) is 2.78. The van der Waals surface area contributed by atoms with Crippen molar-refractivity contribution in [2.24, 2.45) is 14.1 Å². The van der Waals surface area contributed by atoms with Crippen LogP contribution in [-0.4, -0.2) is 16.1 Å². The molecule has 0 spiro atoms. The molecule has 0 saturated heterocycles. The van der Waals surface area contributed by atoms with E-state index in [9.17, 15) is 4.79 Å². The van der Waals surface area contributed by atoms with Crippen LogP contribution in [0.25, 0.3) is 0 Å². The van der Waals surface area contributed by atoms with Crippen molar-refractivity contribution in [2.45, 2.75) is 44.7 Å². The third-order valence-electron chi connectivity index (χ3n) is 2.80. The Morgan fingerprint density at radius 2 is 2.18 bits per heavy atom. The van der Waals surface area contributed by atoms with Crippen molar-refractivity contribution in [2.75, 3.05) is 5.75 Å². The molecule has 0 aliphatic carbocycles. The van der Waals surface area contributed by atoms with Crippen molar-refractivity contribution in [3.8, 4) is 0 Å². The normalized spacial score (nSPS) is 10.8. The Bertz CT molecular complexity index is 385. The highest BCUT2D eigenvalue weighted by atomic mass is 32.2. The summed E-state index contributed by atoms with van der Waals surface area (Å²) in [6, 6.07) is 0. The average molecular weight is 255 g/mol. The minimum absolute atomic E-state index is 0.226. The van der Waals surface area contributed by atoms with E-state index in [-0.39, 0.29) is 5.78 Å². The molecule has 0 saturated carbocycles. The highest BCUT2D eigenvalue weighted by molar-refractivity contribution is 7.99. The molecule has 0 bridgehead atoms. The van der Waals surface area contributed by atoms with Crippen LogP contribution in [0.4, 0.5) is 0 Å². The van der Waals surface area contributed by atoms with Crippen molar-refractivity contribution in [1.29, 1.82) is 0 Å². The van der Waals surface area contributed by atoms with Crippen LogP contribution in [0, 0.1) is 0 Å². The number of rotatable bonds is 7. The van der Waals surface area contributed by atoms with E-state index in [1.54, 1.807) is 18.7 Å². The zero-order chi connectivity index (χ0) is 12.8. The van der Waals surface area contributed by atoms with Crippen LogP contribution in [0.5, 0.6) is 0 Å². The smallest absolute Gasteiger partial charge is 0.299 e. The van der Waals surface area contributed by atoms with Crippen LogP contribution in [-0.2, 0) is 25.3 Å². The van der Waals surface area contributed by atoms with Gasteiger partial charge in [0, 0.05) is 6.42 Å². The van der Waals surface area contributed by atoms with E-state index < -0.39 is 0 Å². The lowest BCUT2D eigenvalue weighted by Gasteiger charge is -1.98. The Morgan fingerprint density at radius 3 is 2.76 bits per heavy atom. The molecule has 0 atom stereocenters. The number of hydrogen-bond donors (Lipinski definition) is 0. The summed E-state index contributed by atoms with van der Waals surface area (Å²) in [6.45, 7) is 3.86. The standard InChI is InChI=1S/C13H23N2OS/c1-5-6-7-8-12-9-14(3)13(15(12)4)17-10-11(2)16/h9H,5-8,10H2,1-4H3/q+1. The Balaban J connectivity index is 2.68. The number of aromatic nitrogens is 2. The highest BCUT2D eigenvalue weighted by Gasteiger charge is 2.18. The summed E-state index contributed by atoms with van der Waals surface area (Å²) in [5.41, 5.74) is 1.35. The van der Waals surface area contributed by atoms with Gasteiger partial charge in [0.15, 0.2) is 0 Å². The van der Waals surface area contributed by atoms with Crippen molar-refractivity contribution in [3.63, 3.8) is 0 Å². The molecule has 0 radical (unpaired) electrons. The SMILES string of the molecule is CCCCCc1c[n+](C)c(SCC(C)=O)n1C. The van der Waals surface area contributed by atoms with Gasteiger partial charge < -0.3 is 0 Å². The molecule has 1 heterocycles. The first-order valence-electron chi connectivity index (χ1n) is 6.22. The third-order valence-corrected chi connectivity index (χ3v) is 4.17. The lowest BCUT2D eigenvalue weighted by Crippen LogP contribution is -2.28. The second-order valence-electron chi connectivity index (χ2n) is 4.52. The molecule has 1 aromatic rings. The molecule has 1 rings (SSSR count). The van der Waals surface area contributed by atoms with Crippen molar-refractivity contribution < 1.29 is 9.36 Å².